The number of hydrogen-bond donors (Lipinski definition) is 2. The fraction of sp³-hybridized carbons (Fsp3) is 0.0833. The standard InChI is InChI=1S/C24H21N3O2/c1-16-13-19(11-12-20(16)24(25)29)26-23(28)15-27-21-10-6-5-9-18(21)14-22(27)17-7-3-2-4-8-17/h2-14H,15H2,1H3,(H2,25,29)(H,26,28). The molecule has 3 N–H and O–H groups in total. The molecule has 0 atom stereocenters. The topological polar surface area (TPSA) is 77.1 Å². The molecule has 0 spiro atoms. The van der Waals surface area contributed by atoms with Crippen LogP contribution in [0.2, 0.25) is 0 Å². The Bertz CT molecular complexity index is 1210. The molecule has 1 aromatic heterocycles. The fourth-order valence-electron chi connectivity index (χ4n) is 3.59. The van der Waals surface area contributed by atoms with Gasteiger partial charge >= 0.3 is 0 Å². The van der Waals surface area contributed by atoms with E-state index >= 15 is 0 Å². The van der Waals surface area contributed by atoms with Crippen LogP contribution in [0.25, 0.3) is 22.2 Å². The predicted molar refractivity (Wildman–Crippen MR) is 116 cm³/mol. The Morgan fingerprint density at radius 1 is 0.931 bits per heavy atom. The van der Waals surface area contributed by atoms with Gasteiger partial charge in [-0.1, -0.05) is 48.5 Å². The van der Waals surface area contributed by atoms with Crippen LogP contribution >= 0.6 is 0 Å². The number of anilines is 1. The average Bonchev–Trinajstić information content (AvgIpc) is 3.07. The van der Waals surface area contributed by atoms with Gasteiger partial charge in [-0.2, -0.15) is 0 Å². The molecule has 3 aromatic carbocycles. The third-order valence-electron chi connectivity index (χ3n) is 4.96. The number of primary amides is 1. The maximum Gasteiger partial charge on any atom is 0.248 e. The summed E-state index contributed by atoms with van der Waals surface area (Å²) < 4.78 is 2.02. The molecule has 144 valence electrons. The zero-order chi connectivity index (χ0) is 20.4. The number of para-hydroxylation sites is 1. The Labute approximate surface area is 168 Å². The highest BCUT2D eigenvalue weighted by molar-refractivity contribution is 5.97. The molecule has 0 fully saturated rings. The van der Waals surface area contributed by atoms with Crippen molar-refractivity contribution in [1.29, 1.82) is 0 Å². The molecule has 0 saturated heterocycles. The first-order valence-electron chi connectivity index (χ1n) is 9.37. The number of amides is 2. The smallest absolute Gasteiger partial charge is 0.248 e. The number of aromatic nitrogens is 1. The van der Waals surface area contributed by atoms with Gasteiger partial charge < -0.3 is 15.6 Å². The van der Waals surface area contributed by atoms with E-state index in [0.717, 1.165) is 27.7 Å². The summed E-state index contributed by atoms with van der Waals surface area (Å²) in [6, 6.07) is 25.2. The molecule has 0 aliphatic heterocycles. The van der Waals surface area contributed by atoms with Gasteiger partial charge in [-0.05, 0) is 48.4 Å². The lowest BCUT2D eigenvalue weighted by Crippen LogP contribution is -2.19. The van der Waals surface area contributed by atoms with E-state index in [2.05, 4.69) is 11.4 Å². The van der Waals surface area contributed by atoms with Crippen molar-refractivity contribution in [2.24, 2.45) is 5.73 Å². The molecule has 4 aromatic rings. The van der Waals surface area contributed by atoms with Crippen molar-refractivity contribution in [3.05, 3.63) is 90.0 Å². The van der Waals surface area contributed by atoms with Gasteiger partial charge in [0.25, 0.3) is 0 Å². The number of rotatable bonds is 5. The first kappa shape index (κ1) is 18.5. The third kappa shape index (κ3) is 3.75. The third-order valence-corrected chi connectivity index (χ3v) is 4.96. The number of nitrogens with two attached hydrogens (primary N) is 1. The minimum atomic E-state index is -0.480. The van der Waals surface area contributed by atoms with E-state index in [1.54, 1.807) is 25.1 Å². The minimum absolute atomic E-state index is 0.144. The molecule has 5 heteroatoms. The van der Waals surface area contributed by atoms with E-state index in [1.807, 2.05) is 59.2 Å². The van der Waals surface area contributed by atoms with E-state index in [4.69, 9.17) is 5.73 Å². The lowest BCUT2D eigenvalue weighted by molar-refractivity contribution is -0.116. The summed E-state index contributed by atoms with van der Waals surface area (Å²) >= 11 is 0. The van der Waals surface area contributed by atoms with Crippen molar-refractivity contribution in [2.75, 3.05) is 5.32 Å². The van der Waals surface area contributed by atoms with Gasteiger partial charge in [0.15, 0.2) is 0 Å². The highest BCUT2D eigenvalue weighted by Crippen LogP contribution is 2.28. The highest BCUT2D eigenvalue weighted by Gasteiger charge is 2.14. The van der Waals surface area contributed by atoms with E-state index in [-0.39, 0.29) is 12.5 Å². The lowest BCUT2D eigenvalue weighted by atomic mass is 10.1. The first-order valence-corrected chi connectivity index (χ1v) is 9.37. The van der Waals surface area contributed by atoms with Gasteiger partial charge in [0.05, 0.1) is 0 Å². The van der Waals surface area contributed by atoms with E-state index in [1.165, 1.54) is 0 Å². The Morgan fingerprint density at radius 2 is 1.66 bits per heavy atom. The zero-order valence-electron chi connectivity index (χ0n) is 16.1. The van der Waals surface area contributed by atoms with Crippen molar-refractivity contribution >= 4 is 28.4 Å². The van der Waals surface area contributed by atoms with Gasteiger partial charge in [-0.25, -0.2) is 0 Å². The molecule has 0 bridgehead atoms. The predicted octanol–water partition coefficient (Wildman–Crippen LogP) is 4.35. The molecule has 1 heterocycles. The van der Waals surface area contributed by atoms with Crippen molar-refractivity contribution in [3.8, 4) is 11.3 Å². The second-order valence-electron chi connectivity index (χ2n) is 6.98. The Kier molecular flexibility index (Phi) is 4.87. The molecule has 0 saturated carbocycles. The normalized spacial score (nSPS) is 10.8. The summed E-state index contributed by atoms with van der Waals surface area (Å²) in [5.74, 6) is -0.624. The van der Waals surface area contributed by atoms with Crippen LogP contribution in [0.15, 0.2) is 78.9 Å². The SMILES string of the molecule is Cc1cc(NC(=O)Cn2c(-c3ccccc3)cc3ccccc32)ccc1C(N)=O. The van der Waals surface area contributed by atoms with Crippen molar-refractivity contribution in [3.63, 3.8) is 0 Å². The molecule has 29 heavy (non-hydrogen) atoms. The highest BCUT2D eigenvalue weighted by atomic mass is 16.2. The summed E-state index contributed by atoms with van der Waals surface area (Å²) in [5.41, 5.74) is 10.2. The maximum atomic E-state index is 12.8. The van der Waals surface area contributed by atoms with Gasteiger partial charge in [0.2, 0.25) is 11.8 Å². The Balaban J connectivity index is 1.64. The Hall–Kier alpha value is -3.86. The minimum Gasteiger partial charge on any atom is -0.366 e. The van der Waals surface area contributed by atoms with Crippen LogP contribution in [0.1, 0.15) is 15.9 Å². The molecular formula is C24H21N3O2. The number of hydrogen-bond acceptors (Lipinski definition) is 2. The molecule has 5 nitrogen and oxygen atoms in total. The van der Waals surface area contributed by atoms with Crippen LogP contribution < -0.4 is 11.1 Å². The molecular weight excluding hydrogens is 362 g/mol. The summed E-state index contributed by atoms with van der Waals surface area (Å²) in [6.45, 7) is 1.97. The summed E-state index contributed by atoms with van der Waals surface area (Å²) in [6.07, 6.45) is 0. The Morgan fingerprint density at radius 3 is 2.38 bits per heavy atom. The van der Waals surface area contributed by atoms with Gasteiger partial charge in [0.1, 0.15) is 6.54 Å². The van der Waals surface area contributed by atoms with Crippen LogP contribution in [0, 0.1) is 6.92 Å². The molecule has 4 rings (SSSR count). The van der Waals surface area contributed by atoms with Gasteiger partial charge in [-0.3, -0.25) is 9.59 Å². The maximum absolute atomic E-state index is 12.8. The van der Waals surface area contributed by atoms with Gasteiger partial charge in [-0.15, -0.1) is 0 Å². The number of benzene rings is 3. The molecule has 0 unspecified atom stereocenters. The van der Waals surface area contributed by atoms with Crippen molar-refractivity contribution < 1.29 is 9.59 Å². The van der Waals surface area contributed by atoms with Crippen molar-refractivity contribution in [1.82, 2.24) is 4.57 Å². The average molecular weight is 383 g/mol. The van der Waals surface area contributed by atoms with Crippen LogP contribution in [0.5, 0.6) is 0 Å². The molecule has 0 radical (unpaired) electrons. The van der Waals surface area contributed by atoms with Crippen LogP contribution in [0.4, 0.5) is 5.69 Å². The van der Waals surface area contributed by atoms with E-state index < -0.39 is 5.91 Å². The summed E-state index contributed by atoms with van der Waals surface area (Å²) in [4.78, 5) is 24.2. The lowest BCUT2D eigenvalue weighted by Gasteiger charge is -2.12. The van der Waals surface area contributed by atoms with Crippen LogP contribution in [-0.2, 0) is 11.3 Å². The summed E-state index contributed by atoms with van der Waals surface area (Å²) in [5, 5.41) is 4.00. The van der Waals surface area contributed by atoms with Crippen LogP contribution in [-0.4, -0.2) is 16.4 Å². The second-order valence-corrected chi connectivity index (χ2v) is 6.98. The number of nitrogens with one attached hydrogen (secondary N) is 1. The quantitative estimate of drug-likeness (QED) is 0.537. The van der Waals surface area contributed by atoms with E-state index in [0.29, 0.717) is 11.3 Å². The molecule has 0 aliphatic carbocycles. The largest absolute Gasteiger partial charge is 0.366 e. The number of aryl methyl sites for hydroxylation is 1. The fourth-order valence-corrected chi connectivity index (χ4v) is 3.59. The first-order chi connectivity index (χ1) is 14.0. The van der Waals surface area contributed by atoms with Gasteiger partial charge in [0, 0.05) is 27.8 Å². The van der Waals surface area contributed by atoms with E-state index in [9.17, 15) is 9.59 Å². The second kappa shape index (κ2) is 7.64. The molecule has 0 aliphatic rings. The number of carbonyl (C=O) groups is 2. The molecule has 2 amide bonds. The monoisotopic (exact) mass is 383 g/mol. The van der Waals surface area contributed by atoms with Crippen LogP contribution in [0.3, 0.4) is 0 Å². The summed E-state index contributed by atoms with van der Waals surface area (Å²) in [7, 11) is 0. The zero-order valence-corrected chi connectivity index (χ0v) is 16.1. The number of nitrogens with zero attached hydrogens (tertiary/aromatic N) is 1. The number of fused-ring (bicyclic) bond motifs is 1. The van der Waals surface area contributed by atoms with Crippen molar-refractivity contribution in [2.45, 2.75) is 13.5 Å². The number of carbonyl (C=O) groups excluding carboxylic acids is 2.